The second-order valence-electron chi connectivity index (χ2n) is 6.44. The van der Waals surface area contributed by atoms with E-state index in [0.29, 0.717) is 10.6 Å². The van der Waals surface area contributed by atoms with Crippen molar-refractivity contribution < 1.29 is 23.6 Å². The highest BCUT2D eigenvalue weighted by atomic mass is 35.5. The van der Waals surface area contributed by atoms with E-state index in [9.17, 15) is 18.8 Å². The van der Waals surface area contributed by atoms with Crippen LogP contribution in [0.3, 0.4) is 0 Å². The van der Waals surface area contributed by atoms with Crippen LogP contribution in [0, 0.1) is 17.7 Å². The molecule has 2 amide bonds. The number of rotatable bonds is 3. The first-order chi connectivity index (χ1) is 12.4. The molecule has 4 rings (SSSR count). The molecule has 0 N–H and O–H groups in total. The highest BCUT2D eigenvalue weighted by molar-refractivity contribution is 6.30. The van der Waals surface area contributed by atoms with Gasteiger partial charge in [-0.05, 0) is 35.7 Å². The van der Waals surface area contributed by atoms with Crippen LogP contribution in [0.1, 0.15) is 39.1 Å². The lowest BCUT2D eigenvalue weighted by Crippen LogP contribution is -2.33. The molecule has 1 fully saturated rings. The molecule has 0 bridgehead atoms. The van der Waals surface area contributed by atoms with Gasteiger partial charge in [-0.2, -0.15) is 0 Å². The summed E-state index contributed by atoms with van der Waals surface area (Å²) in [5.41, 5.74) is 1.13. The minimum Gasteiger partial charge on any atom is -0.329 e. The smallest absolute Gasteiger partial charge is 0.329 e. The van der Waals surface area contributed by atoms with Gasteiger partial charge in [-0.3, -0.25) is 9.59 Å². The molecule has 3 atom stereocenters. The molecular weight excluding hydrogens is 361 g/mol. The number of hydroxylamine groups is 2. The van der Waals surface area contributed by atoms with Crippen LogP contribution in [-0.2, 0) is 9.63 Å². The molecule has 7 heteroatoms. The molecule has 26 heavy (non-hydrogen) atoms. The predicted molar refractivity (Wildman–Crippen MR) is 89.8 cm³/mol. The number of carbonyl (C=O) groups excluding carboxylic acids is 3. The summed E-state index contributed by atoms with van der Waals surface area (Å²) in [5, 5.41) is 0.487. The van der Waals surface area contributed by atoms with E-state index < -0.39 is 29.5 Å². The van der Waals surface area contributed by atoms with Crippen LogP contribution < -0.4 is 0 Å². The van der Waals surface area contributed by atoms with Crippen LogP contribution in [0.25, 0.3) is 0 Å². The third kappa shape index (κ3) is 2.49. The fourth-order valence-electron chi connectivity index (χ4n) is 3.46. The lowest BCUT2D eigenvalue weighted by Gasteiger charge is -2.12. The van der Waals surface area contributed by atoms with Crippen LogP contribution in [-0.4, -0.2) is 22.8 Å². The van der Waals surface area contributed by atoms with Crippen LogP contribution in [0.15, 0.2) is 42.5 Å². The Morgan fingerprint density at radius 3 is 2.31 bits per heavy atom. The summed E-state index contributed by atoms with van der Waals surface area (Å²) in [5.74, 6) is -3.32. The highest BCUT2D eigenvalue weighted by Gasteiger charge is 2.55. The zero-order valence-electron chi connectivity index (χ0n) is 13.6. The van der Waals surface area contributed by atoms with Gasteiger partial charge in [-0.15, -0.1) is 0 Å². The molecule has 1 aliphatic heterocycles. The normalized spacial score (nSPS) is 23.8. The Hall–Kier alpha value is -2.73. The number of hydrogen-bond acceptors (Lipinski definition) is 4. The third-order valence-corrected chi connectivity index (χ3v) is 5.21. The maximum atomic E-state index is 13.3. The Bertz CT molecular complexity index is 925. The Morgan fingerprint density at radius 2 is 1.73 bits per heavy atom. The number of hydrogen-bond donors (Lipinski definition) is 0. The number of carbonyl (C=O) groups is 3. The van der Waals surface area contributed by atoms with Gasteiger partial charge in [0.15, 0.2) is 0 Å². The quantitative estimate of drug-likeness (QED) is 0.771. The Kier molecular flexibility index (Phi) is 3.80. The molecule has 0 saturated heterocycles. The molecule has 2 aromatic carbocycles. The molecule has 0 spiro atoms. The summed E-state index contributed by atoms with van der Waals surface area (Å²) in [6, 6.07) is 10.6. The van der Waals surface area contributed by atoms with Crippen molar-refractivity contribution >= 4 is 29.4 Å². The summed E-state index contributed by atoms with van der Waals surface area (Å²) >= 11 is 5.80. The highest BCUT2D eigenvalue weighted by Crippen LogP contribution is 2.54. The fourth-order valence-corrected chi connectivity index (χ4v) is 3.64. The van der Waals surface area contributed by atoms with E-state index in [0.717, 1.165) is 0 Å². The van der Waals surface area contributed by atoms with Gasteiger partial charge in [0, 0.05) is 5.92 Å². The van der Waals surface area contributed by atoms with Gasteiger partial charge in [-0.1, -0.05) is 41.8 Å². The zero-order chi connectivity index (χ0) is 18.6. The van der Waals surface area contributed by atoms with Crippen LogP contribution in [0.2, 0.25) is 5.02 Å². The molecule has 5 nitrogen and oxygen atoms in total. The standard InChI is InChI=1S/C19H13ClFNO4/c1-9-15(10-6-7-14(21)13(20)8-10)16(9)19(25)26-22-17(23)11-4-2-3-5-12(11)18(22)24/h2-9,15-16H,1H3/t9-,15?,16?/m1/s1. The molecule has 1 saturated carbocycles. The van der Waals surface area contributed by atoms with Gasteiger partial charge in [0.25, 0.3) is 11.8 Å². The first-order valence-corrected chi connectivity index (χ1v) is 8.42. The van der Waals surface area contributed by atoms with E-state index in [1.807, 2.05) is 6.92 Å². The van der Waals surface area contributed by atoms with Crippen molar-refractivity contribution in [2.75, 3.05) is 0 Å². The molecule has 1 heterocycles. The molecule has 0 aromatic heterocycles. The maximum Gasteiger partial charge on any atom is 0.337 e. The monoisotopic (exact) mass is 373 g/mol. The van der Waals surface area contributed by atoms with E-state index in [-0.39, 0.29) is 28.0 Å². The summed E-state index contributed by atoms with van der Waals surface area (Å²) in [4.78, 5) is 42.1. The van der Waals surface area contributed by atoms with Gasteiger partial charge in [0.05, 0.1) is 22.1 Å². The molecule has 1 aliphatic carbocycles. The van der Waals surface area contributed by atoms with Crippen LogP contribution >= 0.6 is 11.6 Å². The van der Waals surface area contributed by atoms with Gasteiger partial charge in [0.1, 0.15) is 5.82 Å². The minimum absolute atomic E-state index is 0.0194. The number of amides is 2. The Morgan fingerprint density at radius 1 is 1.12 bits per heavy atom. The number of benzene rings is 2. The van der Waals surface area contributed by atoms with Gasteiger partial charge in [0.2, 0.25) is 0 Å². The van der Waals surface area contributed by atoms with Crippen molar-refractivity contribution in [3.8, 4) is 0 Å². The average molecular weight is 374 g/mol. The van der Waals surface area contributed by atoms with E-state index in [2.05, 4.69) is 0 Å². The number of halogens is 2. The molecule has 0 radical (unpaired) electrons. The molecule has 132 valence electrons. The third-order valence-electron chi connectivity index (χ3n) is 4.92. The van der Waals surface area contributed by atoms with Gasteiger partial charge >= 0.3 is 5.97 Å². The van der Waals surface area contributed by atoms with E-state index in [4.69, 9.17) is 16.4 Å². The minimum atomic E-state index is -0.669. The van der Waals surface area contributed by atoms with Crippen molar-refractivity contribution in [2.24, 2.45) is 11.8 Å². The largest absolute Gasteiger partial charge is 0.337 e. The lowest BCUT2D eigenvalue weighted by molar-refractivity contribution is -0.170. The van der Waals surface area contributed by atoms with Crippen molar-refractivity contribution in [3.63, 3.8) is 0 Å². The Labute approximate surface area is 153 Å². The van der Waals surface area contributed by atoms with Crippen molar-refractivity contribution in [2.45, 2.75) is 12.8 Å². The fraction of sp³-hybridized carbons (Fsp3) is 0.211. The molecule has 2 aliphatic rings. The average Bonchev–Trinajstić information content (AvgIpc) is 3.25. The SMILES string of the molecule is C[C@H]1C(C(=O)ON2C(=O)c3ccccc3C2=O)C1c1ccc(F)c(Cl)c1. The second-order valence-corrected chi connectivity index (χ2v) is 6.85. The number of fused-ring (bicyclic) bond motifs is 1. The lowest BCUT2D eigenvalue weighted by atomic mass is 10.1. The number of nitrogens with zero attached hydrogens (tertiary/aromatic N) is 1. The first kappa shape index (κ1) is 16.7. The van der Waals surface area contributed by atoms with Crippen LogP contribution in [0.5, 0.6) is 0 Å². The van der Waals surface area contributed by atoms with Crippen molar-refractivity contribution in [1.82, 2.24) is 5.06 Å². The van der Waals surface area contributed by atoms with Crippen molar-refractivity contribution in [1.29, 1.82) is 0 Å². The summed E-state index contributed by atoms with van der Waals surface area (Å²) in [6.45, 7) is 1.84. The van der Waals surface area contributed by atoms with Crippen molar-refractivity contribution in [3.05, 3.63) is 70.0 Å². The summed E-state index contributed by atoms with van der Waals surface area (Å²) in [7, 11) is 0. The summed E-state index contributed by atoms with van der Waals surface area (Å²) < 4.78 is 13.3. The first-order valence-electron chi connectivity index (χ1n) is 8.04. The second kappa shape index (κ2) is 5.92. The van der Waals surface area contributed by atoms with E-state index >= 15 is 0 Å². The molecule has 2 aromatic rings. The van der Waals surface area contributed by atoms with E-state index in [1.54, 1.807) is 18.2 Å². The number of imide groups is 1. The maximum absolute atomic E-state index is 13.3. The molecular formula is C19H13ClFNO4. The molecule has 2 unspecified atom stereocenters. The van der Waals surface area contributed by atoms with Crippen LogP contribution in [0.4, 0.5) is 4.39 Å². The zero-order valence-corrected chi connectivity index (χ0v) is 14.4. The van der Waals surface area contributed by atoms with Gasteiger partial charge in [-0.25, -0.2) is 9.18 Å². The topological polar surface area (TPSA) is 63.7 Å². The van der Waals surface area contributed by atoms with E-state index in [1.165, 1.54) is 24.3 Å². The Balaban J connectivity index is 1.50. The van der Waals surface area contributed by atoms with Gasteiger partial charge < -0.3 is 4.84 Å². The summed E-state index contributed by atoms with van der Waals surface area (Å²) in [6.07, 6.45) is 0. The predicted octanol–water partition coefficient (Wildman–Crippen LogP) is 3.58.